The number of rotatable bonds is 2. The van der Waals surface area contributed by atoms with Crippen molar-refractivity contribution < 1.29 is 66.1 Å². The molecule has 14 heteroatoms. The van der Waals surface area contributed by atoms with E-state index >= 15 is 0 Å². The number of aliphatic hydroxyl groups is 1. The molecule has 1 N–H and O–H groups in total. The zero-order valence-corrected chi connectivity index (χ0v) is 22.9. The molecule has 0 unspecified atom stereocenters. The molecule has 2 aromatic rings. The van der Waals surface area contributed by atoms with Gasteiger partial charge in [-0.05, 0) is 53.8 Å². The van der Waals surface area contributed by atoms with Crippen molar-refractivity contribution in [1.29, 1.82) is 0 Å². The first-order valence-corrected chi connectivity index (χ1v) is 14.8. The van der Waals surface area contributed by atoms with Gasteiger partial charge in [-0.3, -0.25) is 9.59 Å². The van der Waals surface area contributed by atoms with Gasteiger partial charge in [-0.15, -0.1) is 0 Å². The first kappa shape index (κ1) is 35.2. The number of benzene rings is 2. The minimum Gasteiger partial charge on any atom is -1.00 e. The van der Waals surface area contributed by atoms with Gasteiger partial charge in [-0.2, -0.15) is 0 Å². The van der Waals surface area contributed by atoms with Gasteiger partial charge in [-0.25, -0.2) is 21.6 Å². The van der Waals surface area contributed by atoms with E-state index in [4.69, 9.17) is 9.84 Å². The summed E-state index contributed by atoms with van der Waals surface area (Å²) in [6, 6.07) is 8.73. The number of hydrogen-bond acceptors (Lipinski definition) is 10. The Kier molecular flexibility index (Phi) is 13.8. The first-order chi connectivity index (χ1) is 17.5. The Morgan fingerprint density at radius 3 is 1.82 bits per heavy atom. The number of carbonyl (C=O) groups excluding carboxylic acids is 3. The van der Waals surface area contributed by atoms with Crippen LogP contribution in [0.25, 0.3) is 0 Å². The molecule has 3 aliphatic rings. The van der Waals surface area contributed by atoms with Crippen molar-refractivity contribution >= 4 is 54.6 Å². The number of methoxy groups -OCH3 is 1. The Morgan fingerprint density at radius 1 is 0.897 bits per heavy atom. The smallest absolute Gasteiger partial charge is 1.00 e. The maximum atomic E-state index is 11.7. The van der Waals surface area contributed by atoms with Gasteiger partial charge in [0.2, 0.25) is 0 Å². The minimum atomic E-state index is -3.54. The minimum absolute atomic E-state index is 0. The zero-order valence-electron chi connectivity index (χ0n) is 22.3. The van der Waals surface area contributed by atoms with Crippen LogP contribution in [0.1, 0.15) is 41.3 Å². The molecule has 0 aromatic heterocycles. The van der Waals surface area contributed by atoms with Crippen LogP contribution in [0.5, 0.6) is 0 Å². The second-order valence-corrected chi connectivity index (χ2v) is 12.6. The molecule has 2 aromatic carbocycles. The van der Waals surface area contributed by atoms with Gasteiger partial charge in [0.25, 0.3) is 0 Å². The fourth-order valence-electron chi connectivity index (χ4n) is 4.06. The van der Waals surface area contributed by atoms with E-state index < -0.39 is 37.1 Å². The van der Waals surface area contributed by atoms with Crippen LogP contribution in [0.15, 0.2) is 46.2 Å². The quantitative estimate of drug-likeness (QED) is 0.286. The van der Waals surface area contributed by atoms with Crippen LogP contribution >= 0.6 is 0 Å². The van der Waals surface area contributed by atoms with Crippen molar-refractivity contribution in [3.63, 3.8) is 0 Å². The number of ketones is 2. The summed E-state index contributed by atoms with van der Waals surface area (Å²) < 4.78 is 56.1. The first-order valence-electron chi connectivity index (χ1n) is 11.5. The van der Waals surface area contributed by atoms with E-state index in [0.717, 1.165) is 13.2 Å². The summed E-state index contributed by atoms with van der Waals surface area (Å²) in [4.78, 5) is 34.1. The standard InChI is InChI=1S/C11H10O5S.C10H10O4S.C4H8O.Al.Li.4H/c1-16-11(13)7-2-3-10-8(4-7)5-9(12)6-17(10,14)15;11-5-7-1-2-10-8(3-7)4-9(12)6-15(10,13)14;1-2-4-5-3-1;;;;;;/h2-4H,5-6H2,1H3;1-3,11H,4-6H2;1-4H2;;;;;;/q;;;;+1;;;;-1. The molecule has 0 aliphatic carbocycles. The van der Waals surface area contributed by atoms with E-state index in [0.29, 0.717) is 16.7 Å². The number of fused-ring (bicyclic) bond motifs is 2. The molecule has 10 nitrogen and oxygen atoms in total. The van der Waals surface area contributed by atoms with Gasteiger partial charge in [-0.1, -0.05) is 12.1 Å². The summed E-state index contributed by atoms with van der Waals surface area (Å²) in [7, 11) is -5.75. The van der Waals surface area contributed by atoms with Gasteiger partial charge in [0, 0.05) is 26.1 Å². The molecule has 208 valence electrons. The van der Waals surface area contributed by atoms with Crippen molar-refractivity contribution in [3.05, 3.63) is 58.7 Å². The van der Waals surface area contributed by atoms with Crippen molar-refractivity contribution in [1.82, 2.24) is 0 Å². The van der Waals surface area contributed by atoms with Gasteiger partial charge < -0.3 is 16.0 Å². The van der Waals surface area contributed by atoms with Crippen LogP contribution in [0.4, 0.5) is 0 Å². The van der Waals surface area contributed by atoms with E-state index in [-0.39, 0.29) is 84.0 Å². The van der Waals surface area contributed by atoms with Crippen molar-refractivity contribution in [2.24, 2.45) is 0 Å². The van der Waals surface area contributed by atoms with Gasteiger partial charge >= 0.3 is 24.8 Å². The normalized spacial score (nSPS) is 17.8. The molecule has 3 aliphatic heterocycles. The topological polar surface area (TPSA) is 158 Å². The van der Waals surface area contributed by atoms with Crippen molar-refractivity contribution in [3.8, 4) is 0 Å². The molecule has 0 spiro atoms. The molecule has 0 bridgehead atoms. The molecule has 3 heterocycles. The fraction of sp³-hybridized carbons (Fsp3) is 0.400. The van der Waals surface area contributed by atoms with E-state index in [9.17, 15) is 31.2 Å². The van der Waals surface area contributed by atoms with E-state index in [2.05, 4.69) is 4.74 Å². The number of Topliss-reactive ketones (excluding diaryl/α,β-unsaturated/α-hetero) is 2. The average molecular weight is 591 g/mol. The van der Waals surface area contributed by atoms with Crippen LogP contribution < -0.4 is 18.9 Å². The Balaban J connectivity index is 0.000000611. The predicted molar refractivity (Wildman–Crippen MR) is 143 cm³/mol. The van der Waals surface area contributed by atoms with Gasteiger partial charge in [0.15, 0.2) is 48.6 Å². The molecule has 1 fully saturated rings. The maximum absolute atomic E-state index is 11.7. The molecule has 0 radical (unpaired) electrons. The fourth-order valence-corrected chi connectivity index (χ4v) is 7.03. The maximum Gasteiger partial charge on any atom is 1.00 e. The molecule has 5 rings (SSSR count). The van der Waals surface area contributed by atoms with Gasteiger partial charge in [0.05, 0.1) is 29.1 Å². The van der Waals surface area contributed by atoms with Crippen LogP contribution in [0.3, 0.4) is 0 Å². The summed E-state index contributed by atoms with van der Waals surface area (Å²) in [5.74, 6) is -2.07. The number of hydrogen-bond donors (Lipinski definition) is 1. The van der Waals surface area contributed by atoms with Crippen LogP contribution in [0, 0.1) is 0 Å². The van der Waals surface area contributed by atoms with Crippen LogP contribution in [-0.2, 0) is 58.2 Å². The summed E-state index contributed by atoms with van der Waals surface area (Å²) in [5, 5.41) is 8.90. The molecule has 1 saturated heterocycles. The van der Waals surface area contributed by atoms with Crippen molar-refractivity contribution in [2.75, 3.05) is 31.8 Å². The number of carbonyl (C=O) groups is 3. The largest absolute Gasteiger partial charge is 1.00 e. The molecule has 0 saturated carbocycles. The second kappa shape index (κ2) is 15.3. The van der Waals surface area contributed by atoms with Crippen LogP contribution in [-0.4, -0.2) is 88.7 Å². The Bertz CT molecular complexity index is 1420. The van der Waals surface area contributed by atoms with E-state index in [1.54, 1.807) is 12.1 Å². The zero-order chi connectivity index (χ0) is 27.2. The monoisotopic (exact) mass is 590 g/mol. The third-order valence-electron chi connectivity index (χ3n) is 5.76. The Morgan fingerprint density at radius 2 is 1.38 bits per heavy atom. The van der Waals surface area contributed by atoms with E-state index in [1.807, 2.05) is 0 Å². The SMILES string of the molecule is C1CCOC1.COC(=O)c1ccc2c(c1)CC(=O)CS2(=O)=O.O=C1Cc2cc(CO)ccc2S(=O)(=O)C1.[AlH3].[H-].[Li+]. The molecule has 0 atom stereocenters. The second-order valence-electron chi connectivity index (χ2n) is 8.68. The number of esters is 1. The molecular weight excluding hydrogens is 558 g/mol. The summed E-state index contributed by atoms with van der Waals surface area (Å²) in [6.07, 6.45) is 2.74. The van der Waals surface area contributed by atoms with Crippen LogP contribution in [0.2, 0.25) is 0 Å². The Labute approximate surface area is 252 Å². The summed E-state index contributed by atoms with van der Waals surface area (Å²) >= 11 is 0. The third-order valence-corrected chi connectivity index (χ3v) is 9.30. The third kappa shape index (κ3) is 9.38. The molecule has 39 heavy (non-hydrogen) atoms. The predicted octanol–water partition coefficient (Wildman–Crippen LogP) is -2.82. The number of aliphatic hydroxyl groups excluding tert-OH is 1. The summed E-state index contributed by atoms with van der Waals surface area (Å²) in [6.45, 7) is 1.85. The van der Waals surface area contributed by atoms with Crippen molar-refractivity contribution in [2.45, 2.75) is 42.1 Å². The van der Waals surface area contributed by atoms with E-state index in [1.165, 1.54) is 44.2 Å². The summed E-state index contributed by atoms with van der Waals surface area (Å²) in [5.41, 5.74) is 1.73. The molecule has 0 amide bonds. The Hall–Kier alpha value is -1.80. The van der Waals surface area contributed by atoms with Gasteiger partial charge in [0.1, 0.15) is 11.5 Å². The molecular formula is C25H32AlLiO10S2. The average Bonchev–Trinajstić information content (AvgIpc) is 3.42. The number of sulfone groups is 2. The number of ether oxygens (including phenoxy) is 2.